The molecule has 0 spiro atoms. The number of nitrogens with zero attached hydrogens (tertiary/aromatic N) is 6. The Morgan fingerprint density at radius 3 is 2.62 bits per heavy atom. The first-order valence-corrected chi connectivity index (χ1v) is 9.97. The van der Waals surface area contributed by atoms with Crippen molar-refractivity contribution in [1.82, 2.24) is 34.8 Å². The zero-order valence-electron chi connectivity index (χ0n) is 17.5. The summed E-state index contributed by atoms with van der Waals surface area (Å²) in [5.74, 6) is -0.492. The molecule has 3 aromatic heterocycles. The Bertz CT molecular complexity index is 1310. The Morgan fingerprint density at radius 2 is 1.94 bits per heavy atom. The molecule has 1 aromatic carbocycles. The number of benzene rings is 1. The summed E-state index contributed by atoms with van der Waals surface area (Å²) in [6.45, 7) is 3.55. The van der Waals surface area contributed by atoms with Gasteiger partial charge >= 0.3 is 0 Å². The number of carbonyl (C=O) groups is 2. The molecule has 4 rings (SSSR count). The number of aromatic nitrogens is 6. The van der Waals surface area contributed by atoms with Crippen LogP contribution in [0.25, 0.3) is 11.5 Å². The molecular formula is C21H19ClN8O2. The van der Waals surface area contributed by atoms with Crippen molar-refractivity contribution in [1.29, 1.82) is 0 Å². The number of hydrogen-bond donors (Lipinski definition) is 2. The van der Waals surface area contributed by atoms with E-state index in [0.29, 0.717) is 33.5 Å². The minimum Gasteiger partial charge on any atom is -0.355 e. The zero-order valence-corrected chi connectivity index (χ0v) is 18.3. The average molecular weight is 451 g/mol. The summed E-state index contributed by atoms with van der Waals surface area (Å²) in [5, 5.41) is 14.3. The lowest BCUT2D eigenvalue weighted by atomic mass is 10.1. The highest BCUT2D eigenvalue weighted by Crippen LogP contribution is 2.26. The highest BCUT2D eigenvalue weighted by atomic mass is 35.5. The van der Waals surface area contributed by atoms with Gasteiger partial charge in [0.15, 0.2) is 5.82 Å². The molecular weight excluding hydrogens is 432 g/mol. The second-order valence-electron chi connectivity index (χ2n) is 6.95. The molecule has 0 radical (unpaired) electrons. The second-order valence-corrected chi connectivity index (χ2v) is 7.36. The standard InChI is InChI=1S/C21H19ClN8O2/c1-12-7-14(29-11-24-10-26-29)9-15(20(31)23-3)18(12)27-21(32)17-8-13(2)28-30(17)19-16(22)5-4-6-25-19/h4-11H,1-3H3,(H,23,31)(H,27,32). The SMILES string of the molecule is CNC(=O)c1cc(-n2cncn2)cc(C)c1NC(=O)c1cc(C)nn1-c1ncccc1Cl. The Balaban J connectivity index is 1.76. The van der Waals surface area contributed by atoms with Crippen LogP contribution in [-0.4, -0.2) is 48.4 Å². The molecule has 4 aromatic rings. The smallest absolute Gasteiger partial charge is 0.274 e. The van der Waals surface area contributed by atoms with Gasteiger partial charge in [-0.2, -0.15) is 10.2 Å². The summed E-state index contributed by atoms with van der Waals surface area (Å²) in [7, 11) is 1.52. The molecule has 0 fully saturated rings. The van der Waals surface area contributed by atoms with Crippen LogP contribution < -0.4 is 10.6 Å². The van der Waals surface area contributed by atoms with Gasteiger partial charge < -0.3 is 10.6 Å². The van der Waals surface area contributed by atoms with Gasteiger partial charge in [-0.15, -0.1) is 0 Å². The third-order valence-electron chi connectivity index (χ3n) is 4.72. The van der Waals surface area contributed by atoms with Crippen LogP contribution in [0.4, 0.5) is 5.69 Å². The summed E-state index contributed by atoms with van der Waals surface area (Å²) in [5.41, 5.74) is 2.80. The molecule has 0 saturated heterocycles. The van der Waals surface area contributed by atoms with E-state index in [1.54, 1.807) is 50.4 Å². The molecule has 0 atom stereocenters. The van der Waals surface area contributed by atoms with Gasteiger partial charge in [0, 0.05) is 13.2 Å². The number of nitrogens with one attached hydrogen (secondary N) is 2. The monoisotopic (exact) mass is 450 g/mol. The van der Waals surface area contributed by atoms with E-state index >= 15 is 0 Å². The predicted octanol–water partition coefficient (Wildman–Crippen LogP) is 2.73. The molecule has 0 saturated carbocycles. The van der Waals surface area contributed by atoms with Gasteiger partial charge in [-0.25, -0.2) is 19.3 Å². The van der Waals surface area contributed by atoms with Crippen LogP contribution in [0.15, 0.2) is 49.2 Å². The van der Waals surface area contributed by atoms with E-state index in [1.807, 2.05) is 0 Å². The van der Waals surface area contributed by atoms with E-state index in [4.69, 9.17) is 11.6 Å². The van der Waals surface area contributed by atoms with Crippen LogP contribution >= 0.6 is 11.6 Å². The van der Waals surface area contributed by atoms with Crippen molar-refractivity contribution in [3.05, 3.63) is 76.7 Å². The number of pyridine rings is 1. The quantitative estimate of drug-likeness (QED) is 0.482. The van der Waals surface area contributed by atoms with Crippen molar-refractivity contribution < 1.29 is 9.59 Å². The van der Waals surface area contributed by atoms with E-state index in [-0.39, 0.29) is 17.2 Å². The van der Waals surface area contributed by atoms with E-state index in [1.165, 1.54) is 29.1 Å². The predicted molar refractivity (Wildman–Crippen MR) is 119 cm³/mol. The molecule has 0 aliphatic rings. The van der Waals surface area contributed by atoms with Crippen LogP contribution in [-0.2, 0) is 0 Å². The van der Waals surface area contributed by atoms with Gasteiger partial charge in [-0.05, 0) is 49.7 Å². The third kappa shape index (κ3) is 3.95. The van der Waals surface area contributed by atoms with Crippen LogP contribution in [0.1, 0.15) is 32.1 Å². The van der Waals surface area contributed by atoms with Gasteiger partial charge in [0.05, 0.1) is 27.7 Å². The Hall–Kier alpha value is -4.05. The molecule has 11 heteroatoms. The van der Waals surface area contributed by atoms with Crippen LogP contribution in [0, 0.1) is 13.8 Å². The molecule has 0 bridgehead atoms. The van der Waals surface area contributed by atoms with Gasteiger partial charge in [-0.3, -0.25) is 9.59 Å². The molecule has 3 heterocycles. The van der Waals surface area contributed by atoms with Crippen molar-refractivity contribution in [3.8, 4) is 11.5 Å². The maximum Gasteiger partial charge on any atom is 0.274 e. The fraction of sp³-hybridized carbons (Fsp3) is 0.143. The maximum absolute atomic E-state index is 13.3. The molecule has 0 aliphatic carbocycles. The largest absolute Gasteiger partial charge is 0.355 e. The zero-order chi connectivity index (χ0) is 22.8. The van der Waals surface area contributed by atoms with Gasteiger partial charge in [0.2, 0.25) is 0 Å². The molecule has 2 N–H and O–H groups in total. The number of carbonyl (C=O) groups excluding carboxylic acids is 2. The minimum absolute atomic E-state index is 0.228. The van der Waals surface area contributed by atoms with Crippen molar-refractivity contribution in [2.75, 3.05) is 12.4 Å². The molecule has 162 valence electrons. The van der Waals surface area contributed by atoms with Crippen molar-refractivity contribution >= 4 is 29.1 Å². The lowest BCUT2D eigenvalue weighted by Gasteiger charge is -2.16. The lowest BCUT2D eigenvalue weighted by molar-refractivity contribution is 0.0964. The van der Waals surface area contributed by atoms with Gasteiger partial charge in [0.1, 0.15) is 18.3 Å². The first kappa shape index (κ1) is 21.2. The third-order valence-corrected chi connectivity index (χ3v) is 5.01. The Kier molecular flexibility index (Phi) is 5.69. The maximum atomic E-state index is 13.3. The first-order valence-electron chi connectivity index (χ1n) is 9.59. The van der Waals surface area contributed by atoms with Crippen LogP contribution in [0.5, 0.6) is 0 Å². The average Bonchev–Trinajstić information content (AvgIpc) is 3.44. The first-order chi connectivity index (χ1) is 15.4. The topological polar surface area (TPSA) is 120 Å². The normalized spacial score (nSPS) is 10.8. The minimum atomic E-state index is -0.464. The lowest BCUT2D eigenvalue weighted by Crippen LogP contribution is -2.24. The second kappa shape index (κ2) is 8.60. The Morgan fingerprint density at radius 1 is 1.12 bits per heavy atom. The summed E-state index contributed by atoms with van der Waals surface area (Å²) in [4.78, 5) is 34.0. The summed E-state index contributed by atoms with van der Waals surface area (Å²) in [6.07, 6.45) is 4.49. The molecule has 10 nitrogen and oxygen atoms in total. The Labute approximate surface area is 188 Å². The highest BCUT2D eigenvalue weighted by Gasteiger charge is 2.22. The van der Waals surface area contributed by atoms with Crippen molar-refractivity contribution in [2.45, 2.75) is 13.8 Å². The molecule has 32 heavy (non-hydrogen) atoms. The molecule has 0 unspecified atom stereocenters. The number of halogens is 1. The molecule has 0 aliphatic heterocycles. The number of hydrogen-bond acceptors (Lipinski definition) is 6. The van der Waals surface area contributed by atoms with Gasteiger partial charge in [-0.1, -0.05) is 11.6 Å². The number of anilines is 1. The summed E-state index contributed by atoms with van der Waals surface area (Å²) >= 11 is 6.26. The fourth-order valence-corrected chi connectivity index (χ4v) is 3.46. The van der Waals surface area contributed by atoms with E-state index in [9.17, 15) is 9.59 Å². The summed E-state index contributed by atoms with van der Waals surface area (Å²) in [6, 6.07) is 8.42. The number of aryl methyl sites for hydroxylation is 2. The number of amides is 2. The van der Waals surface area contributed by atoms with Gasteiger partial charge in [0.25, 0.3) is 11.8 Å². The fourth-order valence-electron chi connectivity index (χ4n) is 3.26. The highest BCUT2D eigenvalue weighted by molar-refractivity contribution is 6.32. The van der Waals surface area contributed by atoms with E-state index in [0.717, 1.165) is 0 Å². The van der Waals surface area contributed by atoms with E-state index in [2.05, 4.69) is 30.8 Å². The van der Waals surface area contributed by atoms with E-state index < -0.39 is 5.91 Å². The molecule has 2 amide bonds. The van der Waals surface area contributed by atoms with Crippen molar-refractivity contribution in [2.24, 2.45) is 0 Å². The van der Waals surface area contributed by atoms with Crippen LogP contribution in [0.3, 0.4) is 0 Å². The van der Waals surface area contributed by atoms with Crippen LogP contribution in [0.2, 0.25) is 5.02 Å². The summed E-state index contributed by atoms with van der Waals surface area (Å²) < 4.78 is 2.91. The van der Waals surface area contributed by atoms with Crippen molar-refractivity contribution in [3.63, 3.8) is 0 Å². The number of rotatable bonds is 5.